The van der Waals surface area contributed by atoms with E-state index >= 15 is 0 Å². The molecule has 0 saturated heterocycles. The van der Waals surface area contributed by atoms with Crippen molar-refractivity contribution in [3.8, 4) is 5.88 Å². The summed E-state index contributed by atoms with van der Waals surface area (Å²) in [7, 11) is 0. The van der Waals surface area contributed by atoms with Crippen LogP contribution in [-0.4, -0.2) is 51.2 Å². The van der Waals surface area contributed by atoms with Gasteiger partial charge in [0.1, 0.15) is 6.61 Å². The van der Waals surface area contributed by atoms with Crippen LogP contribution in [0.15, 0.2) is 24.4 Å². The molecular formula is C13H21NO4. The van der Waals surface area contributed by atoms with Gasteiger partial charge in [-0.2, -0.15) is 0 Å². The number of pyridine rings is 1. The Labute approximate surface area is 108 Å². The summed E-state index contributed by atoms with van der Waals surface area (Å²) in [5.74, 6) is 0.620. The van der Waals surface area contributed by atoms with E-state index in [1.54, 1.807) is 6.20 Å². The van der Waals surface area contributed by atoms with Gasteiger partial charge in [0.25, 0.3) is 0 Å². The molecule has 0 fully saturated rings. The highest BCUT2D eigenvalue weighted by Gasteiger charge is 1.94. The number of hydrogen-bond donors (Lipinski definition) is 0. The van der Waals surface area contributed by atoms with Crippen LogP contribution in [-0.2, 0) is 14.2 Å². The molecule has 0 saturated carbocycles. The summed E-state index contributed by atoms with van der Waals surface area (Å²) in [6.45, 7) is 6.12. The van der Waals surface area contributed by atoms with Crippen molar-refractivity contribution in [1.82, 2.24) is 4.98 Å². The Balaban J connectivity index is 1.82. The summed E-state index contributed by atoms with van der Waals surface area (Å²) in [6, 6.07) is 5.55. The molecule has 0 N–H and O–H groups in total. The fraction of sp³-hybridized carbons (Fsp3) is 0.615. The molecule has 0 aliphatic heterocycles. The van der Waals surface area contributed by atoms with Gasteiger partial charge >= 0.3 is 0 Å². The van der Waals surface area contributed by atoms with Crippen LogP contribution in [0.4, 0.5) is 0 Å². The molecule has 0 amide bonds. The average Bonchev–Trinajstić information content (AvgIpc) is 2.42. The van der Waals surface area contributed by atoms with E-state index in [0.29, 0.717) is 45.5 Å². The molecule has 1 aromatic heterocycles. The van der Waals surface area contributed by atoms with Crippen LogP contribution < -0.4 is 4.74 Å². The Hall–Kier alpha value is -1.17. The van der Waals surface area contributed by atoms with Gasteiger partial charge in [-0.3, -0.25) is 0 Å². The SMILES string of the molecule is CCOCCOCCOCCOc1ccccn1. The number of rotatable bonds is 11. The van der Waals surface area contributed by atoms with Crippen LogP contribution in [0.3, 0.4) is 0 Å². The van der Waals surface area contributed by atoms with Gasteiger partial charge in [0, 0.05) is 18.9 Å². The monoisotopic (exact) mass is 255 g/mol. The van der Waals surface area contributed by atoms with Gasteiger partial charge in [-0.1, -0.05) is 6.07 Å². The van der Waals surface area contributed by atoms with Crippen molar-refractivity contribution in [3.05, 3.63) is 24.4 Å². The number of hydrogen-bond acceptors (Lipinski definition) is 5. The van der Waals surface area contributed by atoms with Gasteiger partial charge in [-0.05, 0) is 13.0 Å². The minimum atomic E-state index is 0.496. The van der Waals surface area contributed by atoms with Crippen molar-refractivity contribution in [1.29, 1.82) is 0 Å². The normalized spacial score (nSPS) is 10.5. The van der Waals surface area contributed by atoms with Gasteiger partial charge < -0.3 is 18.9 Å². The quantitative estimate of drug-likeness (QED) is 0.561. The first-order chi connectivity index (χ1) is 8.93. The molecule has 0 aliphatic rings. The minimum absolute atomic E-state index is 0.496. The zero-order valence-electron chi connectivity index (χ0n) is 10.8. The third-order valence-electron chi connectivity index (χ3n) is 2.06. The van der Waals surface area contributed by atoms with Crippen molar-refractivity contribution in [2.24, 2.45) is 0 Å². The largest absolute Gasteiger partial charge is 0.475 e. The first kappa shape index (κ1) is 14.9. The fourth-order valence-corrected chi connectivity index (χ4v) is 1.22. The molecular weight excluding hydrogens is 234 g/mol. The van der Waals surface area contributed by atoms with Crippen molar-refractivity contribution in [2.45, 2.75) is 6.92 Å². The first-order valence-corrected chi connectivity index (χ1v) is 6.20. The molecule has 18 heavy (non-hydrogen) atoms. The van der Waals surface area contributed by atoms with Gasteiger partial charge in [0.05, 0.1) is 33.0 Å². The minimum Gasteiger partial charge on any atom is -0.475 e. The van der Waals surface area contributed by atoms with Crippen molar-refractivity contribution < 1.29 is 18.9 Å². The maximum atomic E-state index is 5.37. The molecule has 0 spiro atoms. The summed E-state index contributed by atoms with van der Waals surface area (Å²) >= 11 is 0. The Morgan fingerprint density at radius 2 is 1.56 bits per heavy atom. The lowest BCUT2D eigenvalue weighted by Gasteiger charge is -2.07. The number of aromatic nitrogens is 1. The molecule has 5 nitrogen and oxygen atoms in total. The standard InChI is InChI=1S/C13H21NO4/c1-2-15-7-8-16-9-10-17-11-12-18-13-5-3-4-6-14-13/h3-6H,2,7-12H2,1H3. The highest BCUT2D eigenvalue weighted by molar-refractivity contribution is 5.08. The highest BCUT2D eigenvalue weighted by atomic mass is 16.6. The second kappa shape index (κ2) is 11.0. The van der Waals surface area contributed by atoms with Crippen LogP contribution >= 0.6 is 0 Å². The van der Waals surface area contributed by atoms with Crippen molar-refractivity contribution >= 4 is 0 Å². The maximum Gasteiger partial charge on any atom is 0.213 e. The van der Waals surface area contributed by atoms with E-state index in [-0.39, 0.29) is 0 Å². The predicted molar refractivity (Wildman–Crippen MR) is 67.9 cm³/mol. The first-order valence-electron chi connectivity index (χ1n) is 6.20. The second-order valence-electron chi connectivity index (χ2n) is 3.44. The van der Waals surface area contributed by atoms with E-state index in [4.69, 9.17) is 18.9 Å². The number of ether oxygens (including phenoxy) is 4. The molecule has 5 heteroatoms. The smallest absolute Gasteiger partial charge is 0.213 e. The molecule has 0 aliphatic carbocycles. The molecule has 1 rings (SSSR count). The Kier molecular flexibility index (Phi) is 9.06. The zero-order chi connectivity index (χ0) is 12.9. The topological polar surface area (TPSA) is 49.8 Å². The summed E-state index contributed by atoms with van der Waals surface area (Å²) in [5.41, 5.74) is 0. The maximum absolute atomic E-state index is 5.37. The average molecular weight is 255 g/mol. The van der Waals surface area contributed by atoms with E-state index in [0.717, 1.165) is 6.61 Å². The third kappa shape index (κ3) is 8.00. The highest BCUT2D eigenvalue weighted by Crippen LogP contribution is 2.02. The van der Waals surface area contributed by atoms with Crippen LogP contribution in [0.5, 0.6) is 5.88 Å². The van der Waals surface area contributed by atoms with E-state index in [2.05, 4.69) is 4.98 Å². The number of nitrogens with zero attached hydrogens (tertiary/aromatic N) is 1. The van der Waals surface area contributed by atoms with Crippen molar-refractivity contribution in [3.63, 3.8) is 0 Å². The van der Waals surface area contributed by atoms with E-state index in [1.807, 2.05) is 25.1 Å². The fourth-order valence-electron chi connectivity index (χ4n) is 1.22. The van der Waals surface area contributed by atoms with Crippen LogP contribution in [0.1, 0.15) is 6.92 Å². The van der Waals surface area contributed by atoms with E-state index in [1.165, 1.54) is 0 Å². The van der Waals surface area contributed by atoms with Crippen molar-refractivity contribution in [2.75, 3.05) is 46.2 Å². The summed E-state index contributed by atoms with van der Waals surface area (Å²) in [5, 5.41) is 0. The summed E-state index contributed by atoms with van der Waals surface area (Å²) < 4.78 is 21.1. The lowest BCUT2D eigenvalue weighted by Crippen LogP contribution is -2.12. The lowest BCUT2D eigenvalue weighted by atomic mass is 10.5. The second-order valence-corrected chi connectivity index (χ2v) is 3.44. The molecule has 0 atom stereocenters. The summed E-state index contributed by atoms with van der Waals surface area (Å²) in [4.78, 5) is 4.04. The lowest BCUT2D eigenvalue weighted by molar-refractivity contribution is 0.0111. The molecule has 102 valence electrons. The summed E-state index contributed by atoms with van der Waals surface area (Å²) in [6.07, 6.45) is 1.70. The predicted octanol–water partition coefficient (Wildman–Crippen LogP) is 1.53. The Bertz CT molecular complexity index is 282. The van der Waals surface area contributed by atoms with Crippen LogP contribution in [0.2, 0.25) is 0 Å². The van der Waals surface area contributed by atoms with Crippen LogP contribution in [0.25, 0.3) is 0 Å². The van der Waals surface area contributed by atoms with E-state index in [9.17, 15) is 0 Å². The van der Waals surface area contributed by atoms with E-state index < -0.39 is 0 Å². The van der Waals surface area contributed by atoms with Gasteiger partial charge in [0.15, 0.2) is 0 Å². The Morgan fingerprint density at radius 3 is 2.17 bits per heavy atom. The van der Waals surface area contributed by atoms with Gasteiger partial charge in [-0.25, -0.2) is 4.98 Å². The van der Waals surface area contributed by atoms with Crippen LogP contribution in [0, 0.1) is 0 Å². The third-order valence-corrected chi connectivity index (χ3v) is 2.06. The Morgan fingerprint density at radius 1 is 0.889 bits per heavy atom. The van der Waals surface area contributed by atoms with Gasteiger partial charge in [-0.15, -0.1) is 0 Å². The molecule has 0 radical (unpaired) electrons. The molecule has 0 aromatic carbocycles. The van der Waals surface area contributed by atoms with Gasteiger partial charge in [0.2, 0.25) is 5.88 Å². The molecule has 1 heterocycles. The molecule has 0 unspecified atom stereocenters. The molecule has 1 aromatic rings. The molecule has 0 bridgehead atoms. The zero-order valence-corrected chi connectivity index (χ0v) is 10.8.